The van der Waals surface area contributed by atoms with Crippen molar-refractivity contribution in [2.45, 2.75) is 32.7 Å². The Labute approximate surface area is 107 Å². The highest BCUT2D eigenvalue weighted by Gasteiger charge is 2.22. The highest BCUT2D eigenvalue weighted by molar-refractivity contribution is 5.90. The van der Waals surface area contributed by atoms with E-state index in [4.69, 9.17) is 0 Å². The lowest BCUT2D eigenvalue weighted by Gasteiger charge is -2.31. The third kappa shape index (κ3) is 3.76. The molecule has 7 nitrogen and oxygen atoms in total. The van der Waals surface area contributed by atoms with Crippen LogP contribution >= 0.6 is 0 Å². The van der Waals surface area contributed by atoms with Crippen molar-refractivity contribution in [3.8, 4) is 0 Å². The van der Waals surface area contributed by atoms with Gasteiger partial charge in [0.15, 0.2) is 0 Å². The van der Waals surface area contributed by atoms with E-state index in [1.165, 1.54) is 0 Å². The van der Waals surface area contributed by atoms with Gasteiger partial charge in [-0.2, -0.15) is 5.21 Å². The Hall–Kier alpha value is -1.50. The zero-order chi connectivity index (χ0) is 13.5. The molecule has 102 valence electrons. The van der Waals surface area contributed by atoms with E-state index in [0.29, 0.717) is 18.5 Å². The number of aromatic nitrogens is 4. The number of carbonyl (C=O) groups excluding carboxylic acids is 1. The number of H-pyrrole nitrogens is 1. The van der Waals surface area contributed by atoms with Crippen molar-refractivity contribution < 1.29 is 4.79 Å². The van der Waals surface area contributed by atoms with Gasteiger partial charge in [0, 0.05) is 12.6 Å². The summed E-state index contributed by atoms with van der Waals surface area (Å²) in [5, 5.41) is 15.8. The molecule has 18 heavy (non-hydrogen) atoms. The third-order valence-corrected chi connectivity index (χ3v) is 3.28. The van der Waals surface area contributed by atoms with E-state index in [2.05, 4.69) is 44.7 Å². The maximum atomic E-state index is 11.7. The number of nitrogens with one attached hydrogen (secondary N) is 2. The Morgan fingerprint density at radius 3 is 2.50 bits per heavy atom. The van der Waals surface area contributed by atoms with Crippen LogP contribution < -0.4 is 5.32 Å². The van der Waals surface area contributed by atoms with Crippen molar-refractivity contribution in [3.05, 3.63) is 5.82 Å². The Morgan fingerprint density at radius 2 is 2.06 bits per heavy atom. The monoisotopic (exact) mass is 254 g/mol. The summed E-state index contributed by atoms with van der Waals surface area (Å²) in [4.78, 5) is 13.9. The highest BCUT2D eigenvalue weighted by Crippen LogP contribution is 2.16. The van der Waals surface area contributed by atoms with Crippen LogP contribution in [0.25, 0.3) is 0 Å². The van der Waals surface area contributed by atoms with Gasteiger partial charge in [-0.1, -0.05) is 26.7 Å². The largest absolute Gasteiger partial charge is 0.348 e. The molecule has 0 aliphatic heterocycles. The summed E-state index contributed by atoms with van der Waals surface area (Å²) in [5.74, 6) is 0.351. The fourth-order valence-electron chi connectivity index (χ4n) is 2.14. The van der Waals surface area contributed by atoms with Crippen molar-refractivity contribution in [2.24, 2.45) is 5.92 Å². The number of aromatic amines is 1. The second kappa shape index (κ2) is 7.05. The number of nitrogens with zero attached hydrogens (tertiary/aromatic N) is 4. The summed E-state index contributed by atoms with van der Waals surface area (Å²) in [6.07, 6.45) is 2.19. The first-order valence-corrected chi connectivity index (χ1v) is 6.28. The zero-order valence-corrected chi connectivity index (χ0v) is 11.5. The fraction of sp³-hybridized carbons (Fsp3) is 0.818. The molecule has 1 rings (SSSR count). The quantitative estimate of drug-likeness (QED) is 0.730. The smallest absolute Gasteiger partial charge is 0.292 e. The summed E-state index contributed by atoms with van der Waals surface area (Å²) in [6.45, 7) is 4.93. The number of carbonyl (C=O) groups is 1. The molecule has 0 saturated heterocycles. The van der Waals surface area contributed by atoms with Crippen molar-refractivity contribution in [3.63, 3.8) is 0 Å². The molecular formula is C11H22N6O. The van der Waals surface area contributed by atoms with E-state index < -0.39 is 0 Å². The molecule has 1 aromatic heterocycles. The molecule has 7 heteroatoms. The molecule has 0 aliphatic rings. The zero-order valence-electron chi connectivity index (χ0n) is 11.5. The first kappa shape index (κ1) is 14.6. The van der Waals surface area contributed by atoms with E-state index in [1.807, 2.05) is 14.1 Å². The molecular weight excluding hydrogens is 232 g/mol. The van der Waals surface area contributed by atoms with Gasteiger partial charge in [-0.3, -0.25) is 4.79 Å². The first-order valence-electron chi connectivity index (χ1n) is 6.28. The minimum absolute atomic E-state index is 0.0806. The topological polar surface area (TPSA) is 86.8 Å². The normalized spacial score (nSPS) is 13.0. The maximum absolute atomic E-state index is 11.7. The fourth-order valence-corrected chi connectivity index (χ4v) is 2.14. The van der Waals surface area contributed by atoms with Gasteiger partial charge in [0.05, 0.1) is 0 Å². The predicted molar refractivity (Wildman–Crippen MR) is 68.1 cm³/mol. The standard InChI is InChI=1S/C11H22N6O/c1-5-8(6-2)9(17(3)4)7-12-11(18)10-13-15-16-14-10/h8-9H,5-7H2,1-4H3,(H,12,18)(H,13,14,15,16). The summed E-state index contributed by atoms with van der Waals surface area (Å²) in [7, 11) is 4.06. The maximum Gasteiger partial charge on any atom is 0.292 e. The van der Waals surface area contributed by atoms with Gasteiger partial charge in [0.2, 0.25) is 0 Å². The van der Waals surface area contributed by atoms with E-state index in [-0.39, 0.29) is 11.7 Å². The van der Waals surface area contributed by atoms with Gasteiger partial charge in [-0.15, -0.1) is 10.2 Å². The number of hydrogen-bond acceptors (Lipinski definition) is 5. The number of hydrogen-bond donors (Lipinski definition) is 2. The number of rotatable bonds is 7. The average molecular weight is 254 g/mol. The lowest BCUT2D eigenvalue weighted by atomic mass is 9.93. The minimum Gasteiger partial charge on any atom is -0.348 e. The van der Waals surface area contributed by atoms with Gasteiger partial charge in [-0.25, -0.2) is 0 Å². The van der Waals surface area contributed by atoms with Gasteiger partial charge in [0.1, 0.15) is 0 Å². The molecule has 0 aliphatic carbocycles. The van der Waals surface area contributed by atoms with Crippen molar-refractivity contribution in [1.29, 1.82) is 0 Å². The van der Waals surface area contributed by atoms with E-state index in [0.717, 1.165) is 12.8 Å². The van der Waals surface area contributed by atoms with E-state index in [9.17, 15) is 4.79 Å². The lowest BCUT2D eigenvalue weighted by molar-refractivity contribution is 0.0918. The third-order valence-electron chi connectivity index (χ3n) is 3.28. The molecule has 0 radical (unpaired) electrons. The van der Waals surface area contributed by atoms with Crippen molar-refractivity contribution in [1.82, 2.24) is 30.8 Å². The van der Waals surface area contributed by atoms with Crippen LogP contribution in [0.4, 0.5) is 0 Å². The lowest BCUT2D eigenvalue weighted by Crippen LogP contribution is -2.44. The average Bonchev–Trinajstić information content (AvgIpc) is 2.87. The van der Waals surface area contributed by atoms with Crippen molar-refractivity contribution >= 4 is 5.91 Å². The predicted octanol–water partition coefficient (Wildman–Crippen LogP) is 0.296. The molecule has 1 aromatic rings. The summed E-state index contributed by atoms with van der Waals surface area (Å²) < 4.78 is 0. The van der Waals surface area contributed by atoms with Crippen molar-refractivity contribution in [2.75, 3.05) is 20.6 Å². The van der Waals surface area contributed by atoms with E-state index >= 15 is 0 Å². The SMILES string of the molecule is CCC(CC)C(CNC(=O)c1nn[nH]n1)N(C)C. The molecule has 0 aromatic carbocycles. The molecule has 1 heterocycles. The molecule has 2 N–H and O–H groups in total. The van der Waals surface area contributed by atoms with Gasteiger partial charge >= 0.3 is 0 Å². The second-order valence-electron chi connectivity index (χ2n) is 4.55. The number of amides is 1. The summed E-state index contributed by atoms with van der Waals surface area (Å²) in [6, 6.07) is 0.316. The Morgan fingerprint density at radius 1 is 1.39 bits per heavy atom. The van der Waals surface area contributed by atoms with Crippen LogP contribution in [0.5, 0.6) is 0 Å². The molecule has 0 fully saturated rings. The van der Waals surface area contributed by atoms with Gasteiger partial charge in [-0.05, 0) is 25.2 Å². The summed E-state index contributed by atoms with van der Waals surface area (Å²) >= 11 is 0. The van der Waals surface area contributed by atoms with Gasteiger partial charge in [0.25, 0.3) is 11.7 Å². The molecule has 0 saturated carbocycles. The molecule has 0 spiro atoms. The number of likely N-dealkylation sites (N-methyl/N-ethyl adjacent to an activating group) is 1. The molecule has 1 atom stereocenters. The second-order valence-corrected chi connectivity index (χ2v) is 4.55. The Bertz CT molecular complexity index is 346. The van der Waals surface area contributed by atoms with Crippen LogP contribution in [0.15, 0.2) is 0 Å². The minimum atomic E-state index is -0.290. The van der Waals surface area contributed by atoms with Crippen LogP contribution in [0.2, 0.25) is 0 Å². The van der Waals surface area contributed by atoms with Gasteiger partial charge < -0.3 is 10.2 Å². The van der Waals surface area contributed by atoms with Crippen LogP contribution in [0.3, 0.4) is 0 Å². The van der Waals surface area contributed by atoms with Crippen LogP contribution in [-0.2, 0) is 0 Å². The van der Waals surface area contributed by atoms with Crippen LogP contribution in [-0.4, -0.2) is 58.1 Å². The van der Waals surface area contributed by atoms with E-state index in [1.54, 1.807) is 0 Å². The highest BCUT2D eigenvalue weighted by atomic mass is 16.2. The van der Waals surface area contributed by atoms with Crippen LogP contribution in [0, 0.1) is 5.92 Å². The first-order chi connectivity index (χ1) is 8.60. The molecule has 1 amide bonds. The summed E-state index contributed by atoms with van der Waals surface area (Å²) in [5.41, 5.74) is 0. The Balaban J connectivity index is 2.55. The molecule has 1 unspecified atom stereocenters. The molecule has 0 bridgehead atoms. The number of tetrazole rings is 1. The Kier molecular flexibility index (Phi) is 5.70. The van der Waals surface area contributed by atoms with Crippen LogP contribution in [0.1, 0.15) is 37.3 Å².